The molecule has 1 aromatic carbocycles. The molecule has 10 heteroatoms. The number of benzene rings is 1. The highest BCUT2D eigenvalue weighted by Gasteiger charge is 2.44. The predicted molar refractivity (Wildman–Crippen MR) is 124 cm³/mol. The van der Waals surface area contributed by atoms with E-state index in [1.807, 2.05) is 18.3 Å². The number of hydrogen-bond acceptors (Lipinski definition) is 4. The summed E-state index contributed by atoms with van der Waals surface area (Å²) >= 11 is 0. The third-order valence-corrected chi connectivity index (χ3v) is 7.15. The lowest BCUT2D eigenvalue weighted by Crippen LogP contribution is -2.50. The molecule has 35 heavy (non-hydrogen) atoms. The van der Waals surface area contributed by atoms with Gasteiger partial charge in [0.25, 0.3) is 0 Å². The first-order chi connectivity index (χ1) is 16.7. The topological polar surface area (TPSA) is 85.9 Å². The van der Waals surface area contributed by atoms with Crippen LogP contribution in [-0.2, 0) is 20.7 Å². The summed E-state index contributed by atoms with van der Waals surface area (Å²) in [5.41, 5.74) is 2.10. The molecule has 0 bridgehead atoms. The van der Waals surface area contributed by atoms with Gasteiger partial charge in [-0.15, -0.1) is 0 Å². The number of hydrogen-bond donors (Lipinski definition) is 2. The number of para-hydroxylation sites is 1. The normalized spacial score (nSPS) is 25.1. The maximum Gasteiger partial charge on any atom is 0.490 e. The van der Waals surface area contributed by atoms with Crippen LogP contribution in [0.25, 0.3) is 10.9 Å². The van der Waals surface area contributed by atoms with Gasteiger partial charge in [0.1, 0.15) is 0 Å². The Labute approximate surface area is 202 Å². The number of amides is 1. The van der Waals surface area contributed by atoms with Crippen LogP contribution in [0.5, 0.6) is 0 Å². The van der Waals surface area contributed by atoms with Crippen molar-refractivity contribution in [3.63, 3.8) is 0 Å². The molecule has 2 unspecified atom stereocenters. The van der Waals surface area contributed by atoms with Crippen LogP contribution in [-0.4, -0.2) is 82.9 Å². The molecule has 1 aromatic heterocycles. The monoisotopic (exact) mass is 495 g/mol. The van der Waals surface area contributed by atoms with E-state index in [1.54, 1.807) is 0 Å². The minimum atomic E-state index is -5.08. The molecule has 192 valence electrons. The van der Waals surface area contributed by atoms with Crippen LogP contribution in [0.4, 0.5) is 13.2 Å². The van der Waals surface area contributed by atoms with Gasteiger partial charge in [0, 0.05) is 36.7 Å². The van der Waals surface area contributed by atoms with Crippen LogP contribution in [0.15, 0.2) is 30.5 Å². The highest BCUT2D eigenvalue weighted by atomic mass is 19.4. The molecule has 3 aliphatic rings. The lowest BCUT2D eigenvalue weighted by molar-refractivity contribution is -0.192. The molecule has 7 nitrogen and oxygen atoms in total. The molecule has 1 spiro atoms. The van der Waals surface area contributed by atoms with E-state index in [0.717, 1.165) is 55.4 Å². The molecule has 5 rings (SSSR count). The molecule has 0 saturated carbocycles. The van der Waals surface area contributed by atoms with Crippen molar-refractivity contribution in [2.45, 2.75) is 50.3 Å². The number of carboxylic acids is 1. The van der Waals surface area contributed by atoms with Gasteiger partial charge in [0.15, 0.2) is 0 Å². The second-order valence-electron chi connectivity index (χ2n) is 9.83. The van der Waals surface area contributed by atoms with Crippen molar-refractivity contribution in [3.8, 4) is 0 Å². The van der Waals surface area contributed by atoms with Crippen molar-refractivity contribution >= 4 is 22.8 Å². The average molecular weight is 496 g/mol. The Hall–Kier alpha value is -2.59. The van der Waals surface area contributed by atoms with Crippen molar-refractivity contribution in [1.29, 1.82) is 0 Å². The van der Waals surface area contributed by atoms with Gasteiger partial charge < -0.3 is 24.6 Å². The molecule has 2 atom stereocenters. The van der Waals surface area contributed by atoms with Crippen LogP contribution in [0.3, 0.4) is 0 Å². The number of piperidine rings is 1. The second kappa shape index (κ2) is 10.6. The van der Waals surface area contributed by atoms with Gasteiger partial charge in [-0.05, 0) is 62.7 Å². The van der Waals surface area contributed by atoms with E-state index < -0.39 is 12.1 Å². The zero-order valence-corrected chi connectivity index (χ0v) is 19.6. The number of aromatic amines is 1. The van der Waals surface area contributed by atoms with Crippen LogP contribution < -0.4 is 0 Å². The Kier molecular flexibility index (Phi) is 7.70. The van der Waals surface area contributed by atoms with Gasteiger partial charge in [-0.25, -0.2) is 4.79 Å². The number of H-pyrrole nitrogens is 1. The summed E-state index contributed by atoms with van der Waals surface area (Å²) in [6.07, 6.45) is 3.32. The number of aromatic nitrogens is 1. The Morgan fingerprint density at radius 3 is 2.57 bits per heavy atom. The van der Waals surface area contributed by atoms with Crippen molar-refractivity contribution in [2.75, 3.05) is 39.3 Å². The van der Waals surface area contributed by atoms with E-state index >= 15 is 0 Å². The first-order valence-electron chi connectivity index (χ1n) is 12.1. The molecular weight excluding hydrogens is 463 g/mol. The number of alkyl halides is 3. The highest BCUT2D eigenvalue weighted by molar-refractivity contribution is 5.89. The minimum Gasteiger partial charge on any atom is -0.475 e. The van der Waals surface area contributed by atoms with Crippen molar-refractivity contribution in [1.82, 2.24) is 14.8 Å². The third kappa shape index (κ3) is 6.35. The molecule has 0 radical (unpaired) electrons. The molecule has 2 aromatic rings. The number of aliphatic carboxylic acids is 1. The SMILES string of the molecule is O=C(Cc1c[nH]c2ccccc12)N1CCCC2(CC(CN3CCCC3)CO2)C1.O=C(O)C(F)(F)F. The number of ether oxygens (including phenoxy) is 1. The number of carbonyl (C=O) groups excluding carboxylic acids is 1. The zero-order chi connectivity index (χ0) is 25.1. The molecule has 3 aliphatic heterocycles. The van der Waals surface area contributed by atoms with Crippen molar-refractivity contribution < 1.29 is 32.6 Å². The summed E-state index contributed by atoms with van der Waals surface area (Å²) in [6.45, 7) is 6.16. The van der Waals surface area contributed by atoms with Gasteiger partial charge in [0.05, 0.1) is 18.6 Å². The highest BCUT2D eigenvalue weighted by Crippen LogP contribution is 2.38. The number of rotatable bonds is 4. The molecule has 4 heterocycles. The van der Waals surface area contributed by atoms with Gasteiger partial charge in [-0.1, -0.05) is 18.2 Å². The summed E-state index contributed by atoms with van der Waals surface area (Å²) in [5.74, 6) is -1.90. The van der Waals surface area contributed by atoms with Crippen LogP contribution in [0.1, 0.15) is 37.7 Å². The van der Waals surface area contributed by atoms with Gasteiger partial charge in [-0.3, -0.25) is 4.79 Å². The van der Waals surface area contributed by atoms with Crippen LogP contribution in [0, 0.1) is 5.92 Å². The predicted octanol–water partition coefficient (Wildman–Crippen LogP) is 3.84. The standard InChI is InChI=1S/C23H31N3O2.C2HF3O2/c27-22(12-19-14-24-21-7-2-1-6-20(19)21)26-11-5-8-23(17-26)13-18(16-28-23)15-25-9-3-4-10-25;3-2(4,5)1(6)7/h1-2,6-7,14,18,24H,3-5,8-13,15-17H2;(H,6,7). The van der Waals surface area contributed by atoms with Crippen molar-refractivity contribution in [2.24, 2.45) is 5.92 Å². The Morgan fingerprint density at radius 2 is 1.86 bits per heavy atom. The fourth-order valence-electron chi connectivity index (χ4n) is 5.53. The summed E-state index contributed by atoms with van der Waals surface area (Å²) in [4.78, 5) is 29.9. The fraction of sp³-hybridized carbons (Fsp3) is 0.600. The number of likely N-dealkylation sites (tertiary alicyclic amines) is 2. The quantitative estimate of drug-likeness (QED) is 0.673. The number of carboxylic acid groups (broad SMARTS) is 1. The maximum absolute atomic E-state index is 13.1. The lowest BCUT2D eigenvalue weighted by Gasteiger charge is -2.40. The molecule has 0 aliphatic carbocycles. The first kappa shape index (κ1) is 25.5. The number of fused-ring (bicyclic) bond motifs is 1. The summed E-state index contributed by atoms with van der Waals surface area (Å²) < 4.78 is 38.1. The number of carbonyl (C=O) groups is 2. The Morgan fingerprint density at radius 1 is 1.14 bits per heavy atom. The van der Waals surface area contributed by atoms with E-state index in [4.69, 9.17) is 14.6 Å². The number of nitrogens with one attached hydrogen (secondary N) is 1. The summed E-state index contributed by atoms with van der Waals surface area (Å²) in [5, 5.41) is 8.28. The molecule has 1 amide bonds. The Balaban J connectivity index is 0.000000364. The molecular formula is C25H32F3N3O4. The average Bonchev–Trinajstić information content (AvgIpc) is 3.56. The molecule has 2 N–H and O–H groups in total. The van der Waals surface area contributed by atoms with Crippen LogP contribution in [0.2, 0.25) is 0 Å². The molecule has 3 fully saturated rings. The summed E-state index contributed by atoms with van der Waals surface area (Å²) in [7, 11) is 0. The van der Waals surface area contributed by atoms with Gasteiger partial charge in [0.2, 0.25) is 5.91 Å². The van der Waals surface area contributed by atoms with Gasteiger partial charge >= 0.3 is 12.1 Å². The third-order valence-electron chi connectivity index (χ3n) is 7.15. The first-order valence-corrected chi connectivity index (χ1v) is 12.1. The second-order valence-corrected chi connectivity index (χ2v) is 9.83. The lowest BCUT2D eigenvalue weighted by atomic mass is 9.86. The van der Waals surface area contributed by atoms with Crippen molar-refractivity contribution in [3.05, 3.63) is 36.0 Å². The zero-order valence-electron chi connectivity index (χ0n) is 19.6. The van der Waals surface area contributed by atoms with E-state index in [-0.39, 0.29) is 11.5 Å². The largest absolute Gasteiger partial charge is 0.490 e. The summed E-state index contributed by atoms with van der Waals surface area (Å²) in [6, 6.07) is 8.21. The minimum absolute atomic E-state index is 0.0987. The number of nitrogens with zero attached hydrogens (tertiary/aromatic N) is 2. The maximum atomic E-state index is 13.1. The van der Waals surface area contributed by atoms with E-state index in [2.05, 4.69) is 26.9 Å². The van der Waals surface area contributed by atoms with Crippen LogP contribution >= 0.6 is 0 Å². The van der Waals surface area contributed by atoms with E-state index in [9.17, 15) is 18.0 Å². The Bertz CT molecular complexity index is 1030. The fourth-order valence-corrected chi connectivity index (χ4v) is 5.53. The van der Waals surface area contributed by atoms with E-state index in [1.165, 1.54) is 32.5 Å². The number of halogens is 3. The van der Waals surface area contributed by atoms with E-state index in [0.29, 0.717) is 12.3 Å². The smallest absolute Gasteiger partial charge is 0.475 e. The van der Waals surface area contributed by atoms with Gasteiger partial charge in [-0.2, -0.15) is 13.2 Å². The molecule has 3 saturated heterocycles.